The Balaban J connectivity index is 2.15. The lowest BCUT2D eigenvalue weighted by Gasteiger charge is -2.15. The number of aromatic nitrogens is 2. The minimum atomic E-state index is -4.43. The Morgan fingerprint density at radius 2 is 1.85 bits per heavy atom. The summed E-state index contributed by atoms with van der Waals surface area (Å²) in [5.74, 6) is -1.84. The molecule has 0 unspecified atom stereocenters. The lowest BCUT2D eigenvalue weighted by Crippen LogP contribution is -2.34. The largest absolute Gasteiger partial charge is 0.479 e. The van der Waals surface area contributed by atoms with Crippen LogP contribution in [0.25, 0.3) is 0 Å². The summed E-state index contributed by atoms with van der Waals surface area (Å²) in [6.45, 7) is 1.71. The molecule has 2 rings (SSSR count). The summed E-state index contributed by atoms with van der Waals surface area (Å²) >= 11 is 0. The van der Waals surface area contributed by atoms with Crippen molar-refractivity contribution in [3.63, 3.8) is 0 Å². The van der Waals surface area contributed by atoms with Gasteiger partial charge in [-0.1, -0.05) is 30.3 Å². The quantitative estimate of drug-likeness (QED) is 0.820. The molecule has 2 aromatic rings. The number of aryl methyl sites for hydroxylation is 1. The number of benzene rings is 1. The van der Waals surface area contributed by atoms with Gasteiger partial charge in [-0.2, -0.15) is 18.3 Å². The standard InChI is InChI=1S/C17H18F3N3O3/c1-10-13(11(2)23(22-10)9-17(18,19)20)8-14(24)21-15(16(25)26)12-6-4-3-5-7-12/h3-7,15H,8-9H2,1-2H3,(H,21,24)(H,25,26)/t15-/m0/s1. The van der Waals surface area contributed by atoms with Crippen LogP contribution in [0.15, 0.2) is 30.3 Å². The van der Waals surface area contributed by atoms with E-state index in [9.17, 15) is 27.9 Å². The number of rotatable bonds is 6. The van der Waals surface area contributed by atoms with Gasteiger partial charge in [-0.15, -0.1) is 0 Å². The number of hydrogen-bond donors (Lipinski definition) is 2. The van der Waals surface area contributed by atoms with E-state index in [2.05, 4.69) is 10.4 Å². The number of carboxylic acids is 1. The molecule has 0 aliphatic rings. The van der Waals surface area contributed by atoms with Gasteiger partial charge >= 0.3 is 12.1 Å². The first-order valence-electron chi connectivity index (χ1n) is 7.75. The van der Waals surface area contributed by atoms with Crippen LogP contribution in [0.2, 0.25) is 0 Å². The van der Waals surface area contributed by atoms with Crippen molar-refractivity contribution in [2.45, 2.75) is 39.0 Å². The van der Waals surface area contributed by atoms with Gasteiger partial charge in [0.05, 0.1) is 12.1 Å². The predicted molar refractivity (Wildman–Crippen MR) is 86.4 cm³/mol. The number of carboxylic acid groups (broad SMARTS) is 1. The maximum atomic E-state index is 12.6. The van der Waals surface area contributed by atoms with E-state index >= 15 is 0 Å². The van der Waals surface area contributed by atoms with Crippen LogP contribution >= 0.6 is 0 Å². The monoisotopic (exact) mass is 369 g/mol. The minimum Gasteiger partial charge on any atom is -0.479 e. The van der Waals surface area contributed by atoms with E-state index in [4.69, 9.17) is 0 Å². The van der Waals surface area contributed by atoms with Crippen molar-refractivity contribution >= 4 is 11.9 Å². The summed E-state index contributed by atoms with van der Waals surface area (Å²) in [4.78, 5) is 23.7. The van der Waals surface area contributed by atoms with E-state index in [-0.39, 0.29) is 12.1 Å². The fraction of sp³-hybridized carbons (Fsp3) is 0.353. The van der Waals surface area contributed by atoms with Crippen molar-refractivity contribution in [1.29, 1.82) is 0 Å². The third-order valence-electron chi connectivity index (χ3n) is 3.88. The molecule has 1 atom stereocenters. The predicted octanol–water partition coefficient (Wildman–Crippen LogP) is 2.55. The molecule has 1 aromatic carbocycles. The highest BCUT2D eigenvalue weighted by molar-refractivity contribution is 5.86. The lowest BCUT2D eigenvalue weighted by molar-refractivity contribution is -0.143. The van der Waals surface area contributed by atoms with Gasteiger partial charge in [-0.05, 0) is 19.4 Å². The third-order valence-corrected chi connectivity index (χ3v) is 3.88. The van der Waals surface area contributed by atoms with Gasteiger partial charge in [0.25, 0.3) is 0 Å². The van der Waals surface area contributed by atoms with Crippen molar-refractivity contribution in [1.82, 2.24) is 15.1 Å². The van der Waals surface area contributed by atoms with Gasteiger partial charge in [0.1, 0.15) is 6.54 Å². The Kier molecular flexibility index (Phi) is 5.69. The smallest absolute Gasteiger partial charge is 0.408 e. The highest BCUT2D eigenvalue weighted by Crippen LogP contribution is 2.21. The summed E-state index contributed by atoms with van der Waals surface area (Å²) in [5.41, 5.74) is 1.27. The Bertz CT molecular complexity index is 801. The number of carbonyl (C=O) groups is 2. The molecular weight excluding hydrogens is 351 g/mol. The Labute approximate surface area is 147 Å². The average Bonchev–Trinajstić information content (AvgIpc) is 2.79. The Morgan fingerprint density at radius 3 is 2.38 bits per heavy atom. The van der Waals surface area contributed by atoms with Crippen LogP contribution in [0.3, 0.4) is 0 Å². The molecule has 1 amide bonds. The zero-order valence-corrected chi connectivity index (χ0v) is 14.2. The van der Waals surface area contributed by atoms with E-state index in [1.807, 2.05) is 0 Å². The van der Waals surface area contributed by atoms with Gasteiger partial charge in [0, 0.05) is 11.3 Å². The summed E-state index contributed by atoms with van der Waals surface area (Å²) in [6.07, 6.45) is -4.68. The molecule has 2 N–H and O–H groups in total. The van der Waals surface area contributed by atoms with Gasteiger partial charge in [0.2, 0.25) is 5.91 Å². The first-order chi connectivity index (χ1) is 12.1. The van der Waals surface area contributed by atoms with Crippen LogP contribution < -0.4 is 5.32 Å². The van der Waals surface area contributed by atoms with Gasteiger partial charge in [-0.25, -0.2) is 4.79 Å². The molecule has 0 aliphatic carbocycles. The molecule has 0 spiro atoms. The topological polar surface area (TPSA) is 84.2 Å². The number of hydrogen-bond acceptors (Lipinski definition) is 3. The summed E-state index contributed by atoms with van der Waals surface area (Å²) < 4.78 is 38.5. The molecule has 0 bridgehead atoms. The first kappa shape index (κ1) is 19.5. The second-order valence-corrected chi connectivity index (χ2v) is 5.85. The zero-order chi connectivity index (χ0) is 19.5. The number of carbonyl (C=O) groups excluding carboxylic acids is 1. The molecule has 1 aromatic heterocycles. The van der Waals surface area contributed by atoms with Crippen molar-refractivity contribution in [3.8, 4) is 0 Å². The molecule has 0 fully saturated rings. The fourth-order valence-electron chi connectivity index (χ4n) is 2.62. The number of alkyl halides is 3. The molecule has 0 saturated carbocycles. The third kappa shape index (κ3) is 4.84. The van der Waals surface area contributed by atoms with Crippen LogP contribution in [-0.2, 0) is 22.6 Å². The number of nitrogens with zero attached hydrogens (tertiary/aromatic N) is 2. The van der Waals surface area contributed by atoms with E-state index in [1.165, 1.54) is 13.8 Å². The second kappa shape index (κ2) is 7.59. The highest BCUT2D eigenvalue weighted by atomic mass is 19.4. The molecule has 0 radical (unpaired) electrons. The van der Waals surface area contributed by atoms with Crippen LogP contribution in [0.5, 0.6) is 0 Å². The van der Waals surface area contributed by atoms with Crippen molar-refractivity contribution in [2.75, 3.05) is 0 Å². The second-order valence-electron chi connectivity index (χ2n) is 5.85. The Hall–Kier alpha value is -2.84. The summed E-state index contributed by atoms with van der Waals surface area (Å²) in [5, 5.41) is 15.5. The number of halogens is 3. The molecule has 26 heavy (non-hydrogen) atoms. The van der Waals surface area contributed by atoms with Crippen molar-refractivity contribution < 1.29 is 27.9 Å². The van der Waals surface area contributed by atoms with Crippen LogP contribution in [0.1, 0.15) is 28.6 Å². The number of nitrogens with one attached hydrogen (secondary N) is 1. The van der Waals surface area contributed by atoms with Crippen LogP contribution in [0, 0.1) is 13.8 Å². The first-order valence-corrected chi connectivity index (χ1v) is 7.75. The Morgan fingerprint density at radius 1 is 1.23 bits per heavy atom. The molecular formula is C17H18F3N3O3. The maximum Gasteiger partial charge on any atom is 0.408 e. The lowest BCUT2D eigenvalue weighted by atomic mass is 10.1. The summed E-state index contributed by atoms with van der Waals surface area (Å²) in [7, 11) is 0. The van der Waals surface area contributed by atoms with Crippen LogP contribution in [-0.4, -0.2) is 32.9 Å². The molecule has 140 valence electrons. The fourth-order valence-corrected chi connectivity index (χ4v) is 2.62. The average molecular weight is 369 g/mol. The van der Waals surface area contributed by atoms with Gasteiger partial charge in [0.15, 0.2) is 6.04 Å². The molecule has 9 heteroatoms. The molecule has 0 saturated heterocycles. The van der Waals surface area contributed by atoms with E-state index in [0.29, 0.717) is 16.8 Å². The van der Waals surface area contributed by atoms with E-state index in [0.717, 1.165) is 4.68 Å². The minimum absolute atomic E-state index is 0.224. The van der Waals surface area contributed by atoms with Gasteiger partial charge in [-0.3, -0.25) is 9.48 Å². The van der Waals surface area contributed by atoms with E-state index < -0.39 is 30.6 Å². The number of amides is 1. The van der Waals surface area contributed by atoms with Crippen molar-refractivity contribution in [3.05, 3.63) is 52.8 Å². The van der Waals surface area contributed by atoms with Crippen molar-refractivity contribution in [2.24, 2.45) is 0 Å². The summed E-state index contributed by atoms with van der Waals surface area (Å²) in [6, 6.07) is 6.90. The highest BCUT2D eigenvalue weighted by Gasteiger charge is 2.30. The number of aliphatic carboxylic acids is 1. The van der Waals surface area contributed by atoms with Crippen LogP contribution in [0.4, 0.5) is 13.2 Å². The van der Waals surface area contributed by atoms with Gasteiger partial charge < -0.3 is 10.4 Å². The molecule has 1 heterocycles. The zero-order valence-electron chi connectivity index (χ0n) is 14.2. The van der Waals surface area contributed by atoms with E-state index in [1.54, 1.807) is 30.3 Å². The molecule has 0 aliphatic heterocycles. The maximum absolute atomic E-state index is 12.6. The normalized spacial score (nSPS) is 12.7. The molecule has 6 nitrogen and oxygen atoms in total. The SMILES string of the molecule is Cc1nn(CC(F)(F)F)c(C)c1CC(=O)N[C@H](C(=O)O)c1ccccc1.